The molecule has 2 nitrogen and oxygen atoms in total. The topological polar surface area (TPSA) is 29.3 Å². The quantitative estimate of drug-likeness (QED) is 0.841. The molecule has 18 heavy (non-hydrogen) atoms. The van der Waals surface area contributed by atoms with Gasteiger partial charge in [0.1, 0.15) is 5.82 Å². The van der Waals surface area contributed by atoms with Gasteiger partial charge in [-0.05, 0) is 43.0 Å². The molecule has 1 fully saturated rings. The summed E-state index contributed by atoms with van der Waals surface area (Å²) in [5.41, 5.74) is 7.06. The van der Waals surface area contributed by atoms with Gasteiger partial charge in [-0.15, -0.1) is 0 Å². The summed E-state index contributed by atoms with van der Waals surface area (Å²) < 4.78 is 13.2. The van der Waals surface area contributed by atoms with E-state index in [2.05, 4.69) is 11.8 Å². The van der Waals surface area contributed by atoms with Crippen LogP contribution in [0, 0.1) is 11.7 Å². The highest BCUT2D eigenvalue weighted by Gasteiger charge is 2.21. The van der Waals surface area contributed by atoms with Gasteiger partial charge in [-0.25, -0.2) is 4.39 Å². The Kier molecular flexibility index (Phi) is 4.72. The van der Waals surface area contributed by atoms with Crippen LogP contribution in [0.4, 0.5) is 4.39 Å². The first-order valence-corrected chi connectivity index (χ1v) is 6.92. The van der Waals surface area contributed by atoms with Crippen LogP contribution in [-0.2, 0) is 0 Å². The molecular weight excluding hydrogens is 227 g/mol. The van der Waals surface area contributed by atoms with E-state index in [0.717, 1.165) is 31.1 Å². The first-order chi connectivity index (χ1) is 8.69. The molecule has 1 atom stereocenters. The molecule has 1 saturated carbocycles. The summed E-state index contributed by atoms with van der Waals surface area (Å²) in [5, 5.41) is 0. The number of nitrogens with two attached hydrogens (primary N) is 1. The molecule has 1 unspecified atom stereocenters. The van der Waals surface area contributed by atoms with Crippen molar-refractivity contribution in [2.75, 3.05) is 19.6 Å². The third-order valence-corrected chi connectivity index (χ3v) is 3.92. The molecular formula is C15H23FN2. The number of hydrogen-bond donors (Lipinski definition) is 1. The molecule has 0 heterocycles. The Bertz CT molecular complexity index is 377. The van der Waals surface area contributed by atoms with E-state index < -0.39 is 0 Å². The maximum atomic E-state index is 13.2. The zero-order chi connectivity index (χ0) is 13.0. The Morgan fingerprint density at radius 3 is 2.78 bits per heavy atom. The highest BCUT2D eigenvalue weighted by molar-refractivity contribution is 5.20. The molecule has 2 rings (SSSR count). The summed E-state index contributed by atoms with van der Waals surface area (Å²) in [5.74, 6) is 0.648. The maximum absolute atomic E-state index is 13.2. The lowest BCUT2D eigenvalue weighted by atomic mass is 9.85. The van der Waals surface area contributed by atoms with E-state index in [1.807, 2.05) is 6.07 Å². The van der Waals surface area contributed by atoms with Gasteiger partial charge in [0.05, 0.1) is 0 Å². The summed E-state index contributed by atoms with van der Waals surface area (Å²) >= 11 is 0. The van der Waals surface area contributed by atoms with Gasteiger partial charge in [-0.3, -0.25) is 0 Å². The number of rotatable bonds is 6. The van der Waals surface area contributed by atoms with Crippen LogP contribution in [0.3, 0.4) is 0 Å². The minimum atomic E-state index is -0.204. The zero-order valence-corrected chi connectivity index (χ0v) is 11.1. The van der Waals surface area contributed by atoms with Crippen molar-refractivity contribution in [3.8, 4) is 0 Å². The van der Waals surface area contributed by atoms with E-state index in [1.54, 1.807) is 12.1 Å². The van der Waals surface area contributed by atoms with Crippen molar-refractivity contribution in [2.45, 2.75) is 32.2 Å². The van der Waals surface area contributed by atoms with Crippen LogP contribution in [0.2, 0.25) is 0 Å². The molecule has 0 spiro atoms. The maximum Gasteiger partial charge on any atom is 0.123 e. The lowest BCUT2D eigenvalue weighted by Gasteiger charge is -2.33. The van der Waals surface area contributed by atoms with Crippen LogP contribution in [0.25, 0.3) is 0 Å². The van der Waals surface area contributed by atoms with E-state index >= 15 is 0 Å². The summed E-state index contributed by atoms with van der Waals surface area (Å²) in [6.07, 6.45) is 4.08. The lowest BCUT2D eigenvalue weighted by Crippen LogP contribution is -2.37. The van der Waals surface area contributed by atoms with Gasteiger partial charge in [0.25, 0.3) is 0 Å². The second-order valence-electron chi connectivity index (χ2n) is 5.31. The molecule has 0 radical (unpaired) electrons. The second kappa shape index (κ2) is 6.30. The Hall–Kier alpha value is -0.930. The normalized spacial score (nSPS) is 17.8. The zero-order valence-electron chi connectivity index (χ0n) is 11.1. The van der Waals surface area contributed by atoms with Gasteiger partial charge in [-0.1, -0.05) is 25.5 Å². The Balaban J connectivity index is 1.89. The van der Waals surface area contributed by atoms with Crippen molar-refractivity contribution in [1.29, 1.82) is 0 Å². The second-order valence-corrected chi connectivity index (χ2v) is 5.31. The summed E-state index contributed by atoms with van der Waals surface area (Å²) in [7, 11) is 0. The van der Waals surface area contributed by atoms with Crippen molar-refractivity contribution in [1.82, 2.24) is 4.90 Å². The minimum Gasteiger partial charge on any atom is -0.323 e. The van der Waals surface area contributed by atoms with E-state index in [-0.39, 0.29) is 11.9 Å². The first-order valence-electron chi connectivity index (χ1n) is 6.92. The summed E-state index contributed by atoms with van der Waals surface area (Å²) in [4.78, 5) is 2.39. The van der Waals surface area contributed by atoms with Crippen LogP contribution in [0.5, 0.6) is 0 Å². The van der Waals surface area contributed by atoms with E-state index in [0.29, 0.717) is 0 Å². The van der Waals surface area contributed by atoms with Gasteiger partial charge in [0, 0.05) is 19.1 Å². The average Bonchev–Trinajstić information content (AvgIpc) is 2.31. The van der Waals surface area contributed by atoms with E-state index in [9.17, 15) is 4.39 Å². The molecule has 3 heteroatoms. The van der Waals surface area contributed by atoms with Crippen LogP contribution < -0.4 is 5.73 Å². The monoisotopic (exact) mass is 250 g/mol. The van der Waals surface area contributed by atoms with Gasteiger partial charge in [0.15, 0.2) is 0 Å². The standard InChI is InChI=1S/C15H23FN2/c1-2-18(10-12-5-3-6-12)11-15(17)13-7-4-8-14(16)9-13/h4,7-9,12,15H,2-3,5-6,10-11,17H2,1H3. The Morgan fingerprint density at radius 2 is 2.22 bits per heavy atom. The summed E-state index contributed by atoms with van der Waals surface area (Å²) in [6, 6.07) is 6.54. The highest BCUT2D eigenvalue weighted by Crippen LogP contribution is 2.27. The molecule has 0 bridgehead atoms. The molecule has 1 aliphatic carbocycles. The molecule has 100 valence electrons. The van der Waals surface area contributed by atoms with Crippen LogP contribution in [0.15, 0.2) is 24.3 Å². The van der Waals surface area contributed by atoms with Crippen LogP contribution >= 0.6 is 0 Å². The third-order valence-electron chi connectivity index (χ3n) is 3.92. The van der Waals surface area contributed by atoms with Crippen molar-refractivity contribution < 1.29 is 4.39 Å². The third kappa shape index (κ3) is 3.53. The Morgan fingerprint density at radius 1 is 1.44 bits per heavy atom. The van der Waals surface area contributed by atoms with Crippen LogP contribution in [0.1, 0.15) is 37.8 Å². The molecule has 2 N–H and O–H groups in total. The number of benzene rings is 1. The lowest BCUT2D eigenvalue weighted by molar-refractivity contribution is 0.176. The van der Waals surface area contributed by atoms with Crippen molar-refractivity contribution in [3.63, 3.8) is 0 Å². The smallest absolute Gasteiger partial charge is 0.123 e. The number of hydrogen-bond acceptors (Lipinski definition) is 2. The molecule has 0 aromatic heterocycles. The molecule has 1 aromatic rings. The number of likely N-dealkylation sites (N-methyl/N-ethyl adjacent to an activating group) is 1. The fraction of sp³-hybridized carbons (Fsp3) is 0.600. The van der Waals surface area contributed by atoms with E-state index in [1.165, 1.54) is 25.3 Å². The average molecular weight is 250 g/mol. The fourth-order valence-corrected chi connectivity index (χ4v) is 2.49. The van der Waals surface area contributed by atoms with Crippen molar-refractivity contribution in [3.05, 3.63) is 35.6 Å². The summed E-state index contributed by atoms with van der Waals surface area (Å²) in [6.45, 7) is 5.13. The molecule has 1 aromatic carbocycles. The van der Waals surface area contributed by atoms with Gasteiger partial charge >= 0.3 is 0 Å². The largest absolute Gasteiger partial charge is 0.323 e. The van der Waals surface area contributed by atoms with Gasteiger partial charge in [0.2, 0.25) is 0 Å². The van der Waals surface area contributed by atoms with Gasteiger partial charge < -0.3 is 10.6 Å². The van der Waals surface area contributed by atoms with Crippen molar-refractivity contribution >= 4 is 0 Å². The van der Waals surface area contributed by atoms with Crippen molar-refractivity contribution in [2.24, 2.45) is 11.7 Å². The SMILES string of the molecule is CCN(CC1CCC1)CC(N)c1cccc(F)c1. The highest BCUT2D eigenvalue weighted by atomic mass is 19.1. The Labute approximate surface area is 109 Å². The molecule has 1 aliphatic rings. The van der Waals surface area contributed by atoms with E-state index in [4.69, 9.17) is 5.73 Å². The predicted molar refractivity (Wildman–Crippen MR) is 72.8 cm³/mol. The fourth-order valence-electron chi connectivity index (χ4n) is 2.49. The number of halogens is 1. The minimum absolute atomic E-state index is 0.0965. The molecule has 0 aliphatic heterocycles. The van der Waals surface area contributed by atoms with Gasteiger partial charge in [-0.2, -0.15) is 0 Å². The molecule has 0 saturated heterocycles. The van der Waals surface area contributed by atoms with Crippen LogP contribution in [-0.4, -0.2) is 24.5 Å². The predicted octanol–water partition coefficient (Wildman–Crippen LogP) is 2.95. The molecule has 0 amide bonds. The first kappa shape index (κ1) is 13.5. The number of nitrogens with zero attached hydrogens (tertiary/aromatic N) is 1.